The summed E-state index contributed by atoms with van der Waals surface area (Å²) in [4.78, 5) is 0. The summed E-state index contributed by atoms with van der Waals surface area (Å²) in [5.74, 6) is 0. The molecular weight excluding hydrogens is 518 g/mol. The first-order chi connectivity index (χ1) is 0. The minimum atomic E-state index is 0. The Labute approximate surface area is 122 Å². The van der Waals surface area contributed by atoms with Gasteiger partial charge in [0.2, 0.25) is 0 Å². The second-order valence-corrected chi connectivity index (χ2v) is 0. The molecule has 0 aliphatic rings. The van der Waals surface area contributed by atoms with Crippen molar-refractivity contribution in [1.82, 2.24) is 0 Å². The van der Waals surface area contributed by atoms with Crippen LogP contribution in [-0.4, -0.2) is 125 Å². The van der Waals surface area contributed by atoms with E-state index in [0.717, 1.165) is 0 Å². The van der Waals surface area contributed by atoms with E-state index in [4.69, 9.17) is 0 Å². The van der Waals surface area contributed by atoms with Crippen molar-refractivity contribution in [2.24, 2.45) is 0 Å². The van der Waals surface area contributed by atoms with Crippen LogP contribution in [0.1, 0.15) is 0 Å². The number of hydrogen-bond acceptors (Lipinski definition) is 0. The molecule has 0 amide bonds. The Hall–Kier alpha value is 3.86. The van der Waals surface area contributed by atoms with Gasteiger partial charge in [-0.25, -0.2) is 0 Å². The monoisotopic (exact) mass is 521 g/mol. The van der Waals surface area contributed by atoms with Crippen molar-refractivity contribution < 1.29 is 0 Å². The summed E-state index contributed by atoms with van der Waals surface area (Å²) in [6.07, 6.45) is 0. The van der Waals surface area contributed by atoms with Gasteiger partial charge in [-0.3, -0.25) is 0 Å². The summed E-state index contributed by atoms with van der Waals surface area (Å²) in [6, 6.07) is 0. The molecule has 0 fully saturated rings. The molecule has 0 saturated heterocycles. The first-order valence-corrected chi connectivity index (χ1v) is 0. The standard InChI is InChI=1S/4As.3Ge/q4*-3;3*+4. The molecule has 0 aliphatic carbocycles. The Bertz CT molecular complexity index is 6.90. The second-order valence-electron chi connectivity index (χ2n) is 0. The Morgan fingerprint density at radius 2 is 0.286 bits per heavy atom. The molecule has 0 unspecified atom stereocenters. The van der Waals surface area contributed by atoms with Crippen LogP contribution < -0.4 is 0 Å². The van der Waals surface area contributed by atoms with Crippen molar-refractivity contribution in [1.29, 1.82) is 0 Å². The largest absolute Gasteiger partial charge is 4.00 e. The predicted molar refractivity (Wildman–Crippen MR) is 40.3 cm³/mol. The normalized spacial score (nSPS) is 0. The second kappa shape index (κ2) is 51.9. The number of rotatable bonds is 0. The zero-order valence-electron chi connectivity index (χ0n) is 3.29. The third kappa shape index (κ3) is 40.9. The fraction of sp³-hybridized carbons (Fsp3) is 0. The van der Waals surface area contributed by atoms with E-state index in [9.17, 15) is 0 Å². The van der Waals surface area contributed by atoms with Crippen molar-refractivity contribution in [3.05, 3.63) is 0 Å². The molecule has 0 radical (unpaired) electrons. The van der Waals surface area contributed by atoms with Crippen LogP contribution in [0.5, 0.6) is 0 Å². The van der Waals surface area contributed by atoms with Crippen LogP contribution in [0.15, 0.2) is 0 Å². The Morgan fingerprint density at radius 1 is 0.286 bits per heavy atom. The van der Waals surface area contributed by atoms with E-state index < -0.39 is 0 Å². The summed E-state index contributed by atoms with van der Waals surface area (Å²) in [5.41, 5.74) is 0. The predicted octanol–water partition coefficient (Wildman–Crippen LogP) is -2.67. The summed E-state index contributed by atoms with van der Waals surface area (Å²) < 4.78 is 0. The third-order valence-electron chi connectivity index (χ3n) is 0. The summed E-state index contributed by atoms with van der Waals surface area (Å²) in [6.45, 7) is 0. The molecule has 0 N–H and O–H groups in total. The van der Waals surface area contributed by atoms with Gasteiger partial charge in [0.1, 0.15) is 0 Å². The smallest absolute Gasteiger partial charge is 3.00 e. The molecule has 0 aromatic carbocycles. The van der Waals surface area contributed by atoms with Gasteiger partial charge in [0.25, 0.3) is 0 Å². The molecule has 7 heteroatoms. The quantitative estimate of drug-likeness (QED) is 0.308. The Morgan fingerprint density at radius 3 is 0.286 bits per heavy atom. The van der Waals surface area contributed by atoms with Gasteiger partial charge in [-0.1, -0.05) is 0 Å². The molecule has 0 saturated carbocycles. The molecule has 0 spiro atoms. The van der Waals surface area contributed by atoms with Crippen LogP contribution in [0.2, 0.25) is 0 Å². The minimum absolute atomic E-state index is 0. The topological polar surface area (TPSA) is 0 Å². The zero-order valence-corrected chi connectivity index (χ0v) is 17.1. The van der Waals surface area contributed by atoms with Gasteiger partial charge in [-0.2, -0.15) is 0 Å². The summed E-state index contributed by atoms with van der Waals surface area (Å²) >= 11 is 0. The molecule has 0 heterocycles. The SMILES string of the molecule is [As-3].[As-3].[As-3].[As-3].[Ge+4].[Ge+4].[Ge+4]. The fourth-order valence-corrected chi connectivity index (χ4v) is 0. The number of hydrogen-bond donors (Lipinski definition) is 0. The summed E-state index contributed by atoms with van der Waals surface area (Å²) in [7, 11) is 0. The molecule has 0 aliphatic heterocycles. The van der Waals surface area contributed by atoms with Crippen LogP contribution >= 0.6 is 0 Å². The zero-order chi connectivity index (χ0) is 0. The average molecular weight is 518 g/mol. The first kappa shape index (κ1) is 70.8. The van der Waals surface area contributed by atoms with E-state index in [0.29, 0.717) is 0 Å². The van der Waals surface area contributed by atoms with Gasteiger partial charge in [0.05, 0.1) is 0 Å². The minimum Gasteiger partial charge on any atom is -3.00 e. The maximum absolute atomic E-state index is 0. The average Bonchev–Trinajstić information content (AvgIpc) is 0. The van der Waals surface area contributed by atoms with Gasteiger partial charge in [0, 0.05) is 0 Å². The van der Waals surface area contributed by atoms with E-state index in [1.165, 1.54) is 0 Å². The molecule has 0 aromatic rings. The Kier molecular flexibility index (Phi) is 525. The van der Waals surface area contributed by atoms with Gasteiger partial charge < -0.3 is 71.8 Å². The molecule has 0 aromatic heterocycles. The van der Waals surface area contributed by atoms with Gasteiger partial charge in [-0.15, -0.1) is 0 Å². The molecule has 0 bridgehead atoms. The van der Waals surface area contributed by atoms with Crippen molar-refractivity contribution in [3.8, 4) is 0 Å². The van der Waals surface area contributed by atoms with Crippen molar-refractivity contribution in [2.45, 2.75) is 0 Å². The van der Waals surface area contributed by atoms with E-state index in [2.05, 4.69) is 0 Å². The maximum Gasteiger partial charge on any atom is 4.00 e. The molecule has 32 valence electrons. The van der Waals surface area contributed by atoms with Crippen molar-refractivity contribution in [3.63, 3.8) is 0 Å². The first-order valence-electron chi connectivity index (χ1n) is 0. The fourth-order valence-electron chi connectivity index (χ4n) is 0. The van der Waals surface area contributed by atoms with Gasteiger partial charge in [-0.05, 0) is 0 Å². The van der Waals surface area contributed by atoms with E-state index in [1.807, 2.05) is 0 Å². The van der Waals surface area contributed by atoms with E-state index in [1.54, 1.807) is 0 Å². The maximum atomic E-state index is 0. The van der Waals surface area contributed by atoms with Crippen LogP contribution in [0.3, 0.4) is 0 Å². The van der Waals surface area contributed by atoms with E-state index >= 15 is 0 Å². The Balaban J connectivity index is 0. The molecular formula is As4Ge3. The molecule has 0 rings (SSSR count). The van der Waals surface area contributed by atoms with Crippen LogP contribution in [-0.2, 0) is 0 Å². The van der Waals surface area contributed by atoms with E-state index in [-0.39, 0.29) is 125 Å². The van der Waals surface area contributed by atoms with Crippen LogP contribution in [0.4, 0.5) is 0 Å². The van der Waals surface area contributed by atoms with Gasteiger partial charge >= 0.3 is 52.8 Å². The van der Waals surface area contributed by atoms with Crippen molar-refractivity contribution >= 4 is 125 Å². The molecule has 0 atom stereocenters. The third-order valence-corrected chi connectivity index (χ3v) is 0. The molecule has 7 heavy (non-hydrogen) atoms. The van der Waals surface area contributed by atoms with Gasteiger partial charge in [0.15, 0.2) is 0 Å². The van der Waals surface area contributed by atoms with Crippen LogP contribution in [0, 0.1) is 0 Å². The summed E-state index contributed by atoms with van der Waals surface area (Å²) in [5, 5.41) is 0. The van der Waals surface area contributed by atoms with Crippen LogP contribution in [0.25, 0.3) is 0 Å². The van der Waals surface area contributed by atoms with Crippen molar-refractivity contribution in [2.75, 3.05) is 0 Å². The molecule has 0 nitrogen and oxygen atoms in total.